The summed E-state index contributed by atoms with van der Waals surface area (Å²) >= 11 is 0. The number of aryl methyl sites for hydroxylation is 1. The zero-order chi connectivity index (χ0) is 29.1. The highest BCUT2D eigenvalue weighted by atomic mass is 32.2. The van der Waals surface area contributed by atoms with Crippen molar-refractivity contribution in [1.29, 1.82) is 0 Å². The number of nitrogens with zero attached hydrogens (tertiary/aromatic N) is 5. The first kappa shape index (κ1) is 28.5. The van der Waals surface area contributed by atoms with Crippen molar-refractivity contribution in [3.63, 3.8) is 0 Å². The molecule has 0 saturated carbocycles. The number of benzene rings is 2. The number of nitrogen functional groups attached to an aromatic ring is 1. The number of nitrogens with one attached hydrogen (secondary N) is 1. The van der Waals surface area contributed by atoms with Crippen LogP contribution in [0.25, 0.3) is 33.4 Å². The van der Waals surface area contributed by atoms with Crippen molar-refractivity contribution >= 4 is 33.6 Å². The molecule has 2 aromatic carbocycles. The molecule has 1 saturated heterocycles. The van der Waals surface area contributed by atoms with Gasteiger partial charge >= 0.3 is 0 Å². The second kappa shape index (κ2) is 12.2. The average molecular weight is 586 g/mol. The Morgan fingerprint density at radius 2 is 1.95 bits per heavy atom. The van der Waals surface area contributed by atoms with Crippen molar-refractivity contribution in [3.05, 3.63) is 53.6 Å². The number of thiol groups is 1. The third-order valence-electron chi connectivity index (χ3n) is 6.83. The van der Waals surface area contributed by atoms with Crippen LogP contribution in [0.3, 0.4) is 0 Å². The standard InChI is InChI=1S/C27H29F2N7O4S/c1-15-20(14-31-27(30)33-15)25-34-24-19(26(35-25)36-8-10-40-11-9-36)12-16(13-22(24)39-2)17-4-3-5-18(23(17)29)21(28)6-7-32-41(37)38/h3-5,12-14,21,41H,6-11H2,1-2H3,(H2,30,31,33)(H,32,37,38). The summed E-state index contributed by atoms with van der Waals surface area (Å²) < 4.78 is 65.6. The van der Waals surface area contributed by atoms with Crippen LogP contribution in [0.15, 0.2) is 36.5 Å². The number of fused-ring (bicyclic) bond motifs is 1. The Hall–Kier alpha value is -4.01. The maximum atomic E-state index is 15.7. The van der Waals surface area contributed by atoms with E-state index in [1.165, 1.54) is 13.2 Å². The largest absolute Gasteiger partial charge is 0.494 e. The predicted octanol–water partition coefficient (Wildman–Crippen LogP) is 3.15. The third kappa shape index (κ3) is 6.04. The number of morpholine rings is 1. The van der Waals surface area contributed by atoms with E-state index in [0.717, 1.165) is 0 Å². The molecule has 1 atom stereocenters. The summed E-state index contributed by atoms with van der Waals surface area (Å²) in [6.07, 6.45) is -0.349. The summed E-state index contributed by atoms with van der Waals surface area (Å²) in [5.74, 6) is 0.745. The number of nitrogens with two attached hydrogens (primary N) is 1. The number of ether oxygens (including phenoxy) is 2. The van der Waals surface area contributed by atoms with Crippen LogP contribution in [0.1, 0.15) is 23.8 Å². The van der Waals surface area contributed by atoms with E-state index in [1.807, 2.05) is 0 Å². The quantitative estimate of drug-likeness (QED) is 0.251. The van der Waals surface area contributed by atoms with Gasteiger partial charge in [0.25, 0.3) is 0 Å². The van der Waals surface area contributed by atoms with Gasteiger partial charge in [-0.15, -0.1) is 0 Å². The molecule has 3 heterocycles. The van der Waals surface area contributed by atoms with Crippen LogP contribution >= 0.6 is 0 Å². The summed E-state index contributed by atoms with van der Waals surface area (Å²) in [5.41, 5.74) is 7.90. The first-order chi connectivity index (χ1) is 19.8. The summed E-state index contributed by atoms with van der Waals surface area (Å²) in [6.45, 7) is 3.81. The number of hydrogen-bond donors (Lipinski definition) is 3. The summed E-state index contributed by atoms with van der Waals surface area (Å²) in [4.78, 5) is 20.1. The lowest BCUT2D eigenvalue weighted by atomic mass is 9.97. The smallest absolute Gasteiger partial charge is 0.220 e. The summed E-state index contributed by atoms with van der Waals surface area (Å²) in [7, 11) is -1.37. The van der Waals surface area contributed by atoms with E-state index in [2.05, 4.69) is 19.6 Å². The number of halogens is 2. The molecule has 0 bridgehead atoms. The second-order valence-corrected chi connectivity index (χ2v) is 10.2. The van der Waals surface area contributed by atoms with Crippen LogP contribution in [0, 0.1) is 12.7 Å². The van der Waals surface area contributed by atoms with Gasteiger partial charge in [-0.05, 0) is 31.0 Å². The van der Waals surface area contributed by atoms with Crippen LogP contribution < -0.4 is 20.1 Å². The number of rotatable bonds is 9. The minimum atomic E-state index is -2.86. The molecular formula is C27H29F2N7O4S. The molecule has 0 amide bonds. The molecular weight excluding hydrogens is 556 g/mol. The molecule has 4 aromatic rings. The molecule has 1 fully saturated rings. The van der Waals surface area contributed by atoms with Gasteiger partial charge in [0.2, 0.25) is 16.8 Å². The number of alkyl halides is 1. The maximum Gasteiger partial charge on any atom is 0.220 e. The molecule has 14 heteroatoms. The number of aromatic nitrogens is 4. The molecule has 0 spiro atoms. The maximum absolute atomic E-state index is 15.7. The molecule has 1 unspecified atom stereocenters. The van der Waals surface area contributed by atoms with Crippen molar-refractivity contribution in [1.82, 2.24) is 24.7 Å². The van der Waals surface area contributed by atoms with Crippen LogP contribution in [0.5, 0.6) is 5.75 Å². The molecule has 0 aliphatic carbocycles. The van der Waals surface area contributed by atoms with Crippen molar-refractivity contribution in [3.8, 4) is 28.3 Å². The van der Waals surface area contributed by atoms with Gasteiger partial charge in [-0.1, -0.05) is 18.2 Å². The molecule has 1 aliphatic rings. The van der Waals surface area contributed by atoms with E-state index >= 15 is 4.39 Å². The number of hydrogen-bond acceptors (Lipinski definition) is 10. The van der Waals surface area contributed by atoms with E-state index in [0.29, 0.717) is 71.4 Å². The topological polar surface area (TPSA) is 145 Å². The van der Waals surface area contributed by atoms with Gasteiger partial charge in [-0.25, -0.2) is 41.9 Å². The summed E-state index contributed by atoms with van der Waals surface area (Å²) in [5, 5.41) is 0.615. The van der Waals surface area contributed by atoms with Gasteiger partial charge in [0.1, 0.15) is 29.1 Å². The van der Waals surface area contributed by atoms with E-state index < -0.39 is 22.9 Å². The summed E-state index contributed by atoms with van der Waals surface area (Å²) in [6, 6.07) is 7.87. The van der Waals surface area contributed by atoms with Gasteiger partial charge in [0.15, 0.2) is 5.82 Å². The second-order valence-electron chi connectivity index (χ2n) is 9.40. The molecule has 41 heavy (non-hydrogen) atoms. The lowest BCUT2D eigenvalue weighted by molar-refractivity contribution is 0.122. The van der Waals surface area contributed by atoms with Gasteiger partial charge in [-0.3, -0.25) is 0 Å². The van der Waals surface area contributed by atoms with Crippen molar-refractivity contribution in [2.24, 2.45) is 0 Å². The third-order valence-corrected chi connectivity index (χ3v) is 7.31. The first-order valence-corrected chi connectivity index (χ1v) is 14.1. The van der Waals surface area contributed by atoms with Gasteiger partial charge < -0.3 is 20.1 Å². The Morgan fingerprint density at radius 1 is 1.17 bits per heavy atom. The zero-order valence-corrected chi connectivity index (χ0v) is 23.3. The highest BCUT2D eigenvalue weighted by Crippen LogP contribution is 2.39. The SMILES string of the molecule is COc1cc(-c2cccc(C(F)CCN[SH](=O)=O)c2F)cc2c(N3CCOCC3)nc(-c3cnc(N)nc3C)nc12. The lowest BCUT2D eigenvalue weighted by Gasteiger charge is -2.29. The van der Waals surface area contributed by atoms with Crippen LogP contribution in [-0.2, 0) is 15.6 Å². The van der Waals surface area contributed by atoms with Gasteiger partial charge in [0.05, 0.1) is 31.6 Å². The Balaban J connectivity index is 1.66. The molecule has 1 aliphatic heterocycles. The molecule has 2 aromatic heterocycles. The highest BCUT2D eigenvalue weighted by molar-refractivity contribution is 7.70. The Labute approximate surface area is 236 Å². The van der Waals surface area contributed by atoms with Crippen LogP contribution in [-0.4, -0.2) is 68.3 Å². The number of methoxy groups -OCH3 is 1. The first-order valence-electron chi connectivity index (χ1n) is 12.9. The van der Waals surface area contributed by atoms with Gasteiger partial charge in [-0.2, -0.15) is 0 Å². The van der Waals surface area contributed by atoms with Gasteiger partial charge in [0, 0.05) is 42.3 Å². The van der Waals surface area contributed by atoms with Crippen LogP contribution in [0.4, 0.5) is 20.5 Å². The minimum Gasteiger partial charge on any atom is -0.494 e. The van der Waals surface area contributed by atoms with Crippen molar-refractivity contribution < 1.29 is 26.7 Å². The van der Waals surface area contributed by atoms with E-state index in [1.54, 1.807) is 37.4 Å². The highest BCUT2D eigenvalue weighted by Gasteiger charge is 2.24. The van der Waals surface area contributed by atoms with E-state index in [9.17, 15) is 12.8 Å². The fourth-order valence-corrected chi connectivity index (χ4v) is 5.10. The minimum absolute atomic E-state index is 0.138. The van der Waals surface area contributed by atoms with Crippen molar-refractivity contribution in [2.75, 3.05) is 50.6 Å². The predicted molar refractivity (Wildman–Crippen MR) is 151 cm³/mol. The lowest BCUT2D eigenvalue weighted by Crippen LogP contribution is -2.37. The fraction of sp³-hybridized carbons (Fsp3) is 0.333. The normalized spacial score (nSPS) is 14.5. The Morgan fingerprint density at radius 3 is 2.66 bits per heavy atom. The number of anilines is 2. The Bertz CT molecular complexity index is 1660. The average Bonchev–Trinajstić information content (AvgIpc) is 2.96. The van der Waals surface area contributed by atoms with E-state index in [4.69, 9.17) is 25.2 Å². The zero-order valence-electron chi connectivity index (χ0n) is 22.4. The monoisotopic (exact) mass is 585 g/mol. The molecule has 5 rings (SSSR count). The molecule has 11 nitrogen and oxygen atoms in total. The molecule has 3 N–H and O–H groups in total. The van der Waals surface area contributed by atoms with E-state index in [-0.39, 0.29) is 30.0 Å². The van der Waals surface area contributed by atoms with Crippen LogP contribution in [0.2, 0.25) is 0 Å². The molecule has 216 valence electrons. The van der Waals surface area contributed by atoms with Crippen molar-refractivity contribution in [2.45, 2.75) is 19.5 Å². The fourth-order valence-electron chi connectivity index (χ4n) is 4.79. The molecule has 0 radical (unpaired) electrons. The Kier molecular flexibility index (Phi) is 8.52.